The molecule has 0 aromatic heterocycles. The van der Waals surface area contributed by atoms with E-state index in [-0.39, 0.29) is 62.6 Å². The Balaban J connectivity index is 1.79. The molecule has 19 heteroatoms. The summed E-state index contributed by atoms with van der Waals surface area (Å²) in [6.45, 7) is 6.85. The van der Waals surface area contributed by atoms with Crippen molar-refractivity contribution in [1.82, 2.24) is 0 Å². The van der Waals surface area contributed by atoms with Gasteiger partial charge in [0.15, 0.2) is 12.1 Å². The number of benzene rings is 1. The molecule has 19 nitrogen and oxygen atoms in total. The third-order valence-electron chi connectivity index (χ3n) is 14.0. The predicted octanol–water partition coefficient (Wildman–Crippen LogP) is 3.52. The Morgan fingerprint density at radius 3 is 1.71 bits per heavy atom. The Morgan fingerprint density at radius 2 is 1.15 bits per heavy atom. The number of carbonyl (C=O) groups excluding carboxylic acids is 4. The van der Waals surface area contributed by atoms with Crippen LogP contribution in [0.15, 0.2) is 109 Å². The number of allylic oxidation sites excluding steroid dienone is 12. The van der Waals surface area contributed by atoms with E-state index in [0.717, 1.165) is 5.69 Å². The molecular formula is C59H88N2O17. The number of cyclic esters (lactones) is 1. The van der Waals surface area contributed by atoms with E-state index in [1.807, 2.05) is 32.1 Å². The van der Waals surface area contributed by atoms with Crippen molar-refractivity contribution in [2.45, 2.75) is 196 Å². The molecule has 78 heavy (non-hydrogen) atoms. The lowest BCUT2D eigenvalue weighted by Gasteiger charge is -2.41. The first-order valence-electron chi connectivity index (χ1n) is 27.1. The second kappa shape index (κ2) is 35.7. The molecule has 2 heterocycles. The van der Waals surface area contributed by atoms with Gasteiger partial charge in [-0.2, -0.15) is 0 Å². The van der Waals surface area contributed by atoms with Gasteiger partial charge < -0.3 is 76.3 Å². The van der Waals surface area contributed by atoms with E-state index in [1.165, 1.54) is 6.92 Å². The number of ether oxygens (including phenoxy) is 3. The van der Waals surface area contributed by atoms with Crippen LogP contribution in [-0.4, -0.2) is 173 Å². The topological polar surface area (TPSA) is 336 Å². The Morgan fingerprint density at radius 1 is 0.654 bits per heavy atom. The third-order valence-corrected chi connectivity index (χ3v) is 14.0. The molecule has 2 aliphatic rings. The lowest BCUT2D eigenvalue weighted by molar-refractivity contribution is -0.279. The zero-order valence-corrected chi connectivity index (χ0v) is 45.7. The van der Waals surface area contributed by atoms with Crippen LogP contribution in [0.5, 0.6) is 0 Å². The van der Waals surface area contributed by atoms with Crippen LogP contribution in [0.25, 0.3) is 0 Å². The van der Waals surface area contributed by atoms with Gasteiger partial charge in [-0.1, -0.05) is 106 Å². The summed E-state index contributed by atoms with van der Waals surface area (Å²) in [5, 5.41) is 111. The number of carbonyl (C=O) groups is 4. The SMILES string of the molecule is CNc1ccc(C(=O)CC(O)CCC(C)C2OC(=O)CC(O)CC(O)CC(O)CC(O)CC(O)CC(=O)CC(=O)CC(O)C(C)C(O)CC(OC3O[C@H](C)[C@@H](N)[C@H](O)[C@@H]3O)/C=C/C=C/C=C/C=C/C=C/C=C/C=C/C2C)cc1. The van der Waals surface area contributed by atoms with Gasteiger partial charge in [0.2, 0.25) is 0 Å². The zero-order chi connectivity index (χ0) is 57.9. The summed E-state index contributed by atoms with van der Waals surface area (Å²) in [5.74, 6) is -3.85. The number of hydrogen-bond donors (Lipinski definition) is 12. The van der Waals surface area contributed by atoms with Crippen molar-refractivity contribution in [2.75, 3.05) is 12.4 Å². The van der Waals surface area contributed by atoms with Crippen LogP contribution in [0.4, 0.5) is 5.69 Å². The van der Waals surface area contributed by atoms with E-state index >= 15 is 0 Å². The number of hydrogen-bond acceptors (Lipinski definition) is 19. The highest BCUT2D eigenvalue weighted by atomic mass is 16.7. The number of esters is 1. The summed E-state index contributed by atoms with van der Waals surface area (Å²) in [6.07, 6.45) is 4.79. The molecule has 0 spiro atoms. The molecule has 0 bridgehead atoms. The summed E-state index contributed by atoms with van der Waals surface area (Å²) < 4.78 is 17.7. The number of aliphatic hydroxyl groups is 10. The van der Waals surface area contributed by atoms with Gasteiger partial charge >= 0.3 is 5.97 Å². The van der Waals surface area contributed by atoms with Gasteiger partial charge in [-0.15, -0.1) is 0 Å². The van der Waals surface area contributed by atoms with Gasteiger partial charge in [-0.3, -0.25) is 19.2 Å². The first-order chi connectivity index (χ1) is 37.0. The molecule has 13 N–H and O–H groups in total. The Kier molecular flexibility index (Phi) is 30.9. The van der Waals surface area contributed by atoms with Gasteiger partial charge in [0, 0.05) is 55.8 Å². The molecule has 2 aliphatic heterocycles. The molecule has 1 aromatic carbocycles. The van der Waals surface area contributed by atoms with Crippen molar-refractivity contribution in [2.24, 2.45) is 23.5 Å². The Bertz CT molecular complexity index is 2180. The average molecular weight is 1100 g/mol. The van der Waals surface area contributed by atoms with Gasteiger partial charge in [0.1, 0.15) is 29.9 Å². The van der Waals surface area contributed by atoms with Gasteiger partial charge in [-0.05, 0) is 75.6 Å². The van der Waals surface area contributed by atoms with Gasteiger partial charge in [0.05, 0.1) is 79.9 Å². The van der Waals surface area contributed by atoms with Crippen LogP contribution in [-0.2, 0) is 28.6 Å². The third kappa shape index (κ3) is 25.5. The fraction of sp³-hybridized carbons (Fsp3) is 0.593. The van der Waals surface area contributed by atoms with Crippen molar-refractivity contribution in [1.29, 1.82) is 0 Å². The average Bonchev–Trinajstić information content (AvgIpc) is 3.38. The van der Waals surface area contributed by atoms with E-state index in [0.29, 0.717) is 12.0 Å². The number of anilines is 1. The monoisotopic (exact) mass is 1100 g/mol. The molecule has 1 fully saturated rings. The van der Waals surface area contributed by atoms with Crippen molar-refractivity contribution in [3.8, 4) is 0 Å². The summed E-state index contributed by atoms with van der Waals surface area (Å²) in [6, 6.07) is 6.05. The minimum absolute atomic E-state index is 0.0936. The van der Waals surface area contributed by atoms with E-state index in [4.69, 9.17) is 19.9 Å². The van der Waals surface area contributed by atoms with E-state index in [9.17, 15) is 70.2 Å². The molecule has 0 aliphatic carbocycles. The number of rotatable bonds is 10. The molecule has 436 valence electrons. The van der Waals surface area contributed by atoms with Crippen molar-refractivity contribution >= 4 is 29.0 Å². The van der Waals surface area contributed by atoms with Crippen LogP contribution < -0.4 is 11.1 Å². The van der Waals surface area contributed by atoms with Crippen molar-refractivity contribution in [3.05, 3.63) is 115 Å². The van der Waals surface area contributed by atoms with Crippen LogP contribution in [0.1, 0.15) is 115 Å². The minimum Gasteiger partial charge on any atom is -0.461 e. The number of aliphatic hydroxyl groups excluding tert-OH is 10. The largest absolute Gasteiger partial charge is 0.461 e. The molecule has 0 saturated carbocycles. The number of Topliss-reactive ketones (excluding diaryl/α,β-unsaturated/α-hetero) is 3. The fourth-order valence-corrected chi connectivity index (χ4v) is 9.17. The van der Waals surface area contributed by atoms with Crippen LogP contribution in [0.3, 0.4) is 0 Å². The normalized spacial score (nSPS) is 36.5. The second-order valence-corrected chi connectivity index (χ2v) is 20.9. The van der Waals surface area contributed by atoms with Crippen LogP contribution >= 0.6 is 0 Å². The minimum atomic E-state index is -1.51. The standard InChI is InChI=1S/C59H88N2O17/c1-36-18-16-14-12-10-8-6-7-9-11-13-15-17-19-50(77-59-57(75)56(74)55(60)39(4)76-59)35-52(71)38(3)51(70)33-48(68)30-46(66)28-44(64)26-43(63)27-45(65)29-47(67)31-49(69)34-54(73)78-58(36)37(2)20-25-42(62)32-53(72)40-21-23-41(61-5)24-22-40/h6-19,21-24,36-39,42-45,47,49-52,55-59,61-65,67,69-71,74-75H,20,25-35,60H2,1-5H3/b7-6+,10-8+,11-9+,14-12+,15-13+,18-16+,19-17+/t36?,37?,38?,39-,42?,43?,44?,45?,47?,49?,50?,51?,52?,55-,56+,57+,58?,59?/m1/s1. The van der Waals surface area contributed by atoms with Crippen molar-refractivity contribution in [3.63, 3.8) is 0 Å². The maximum atomic E-state index is 13.3. The molecule has 0 amide bonds. The van der Waals surface area contributed by atoms with E-state index < -0.39 is 141 Å². The number of ketones is 3. The fourth-order valence-electron chi connectivity index (χ4n) is 9.17. The summed E-state index contributed by atoms with van der Waals surface area (Å²) in [4.78, 5) is 51.9. The highest BCUT2D eigenvalue weighted by Crippen LogP contribution is 2.28. The molecular weight excluding hydrogens is 1010 g/mol. The lowest BCUT2D eigenvalue weighted by Crippen LogP contribution is -2.61. The summed E-state index contributed by atoms with van der Waals surface area (Å²) in [7, 11) is 1.77. The lowest BCUT2D eigenvalue weighted by atomic mass is 9.88. The molecule has 1 aromatic rings. The highest BCUT2D eigenvalue weighted by molar-refractivity contribution is 5.99. The predicted molar refractivity (Wildman–Crippen MR) is 294 cm³/mol. The molecule has 3 rings (SSSR count). The maximum Gasteiger partial charge on any atom is 0.308 e. The Hall–Kier alpha value is -4.84. The summed E-state index contributed by atoms with van der Waals surface area (Å²) in [5.41, 5.74) is 7.27. The van der Waals surface area contributed by atoms with Crippen LogP contribution in [0, 0.1) is 17.8 Å². The molecule has 14 unspecified atom stereocenters. The zero-order valence-electron chi connectivity index (χ0n) is 45.7. The van der Waals surface area contributed by atoms with Gasteiger partial charge in [0.25, 0.3) is 0 Å². The first kappa shape index (κ1) is 67.4. The van der Waals surface area contributed by atoms with Gasteiger partial charge in [-0.25, -0.2) is 0 Å². The van der Waals surface area contributed by atoms with Crippen LogP contribution in [0.2, 0.25) is 0 Å². The molecule has 1 saturated heterocycles. The van der Waals surface area contributed by atoms with Crippen molar-refractivity contribution < 1.29 is 84.5 Å². The number of nitrogens with two attached hydrogens (primary N) is 1. The highest BCUT2D eigenvalue weighted by Gasteiger charge is 2.42. The molecule has 0 radical (unpaired) electrons. The number of nitrogens with one attached hydrogen (secondary N) is 1. The first-order valence-corrected chi connectivity index (χ1v) is 27.1. The Labute approximate surface area is 459 Å². The second-order valence-electron chi connectivity index (χ2n) is 20.9. The smallest absolute Gasteiger partial charge is 0.308 e. The van der Waals surface area contributed by atoms with E-state index in [1.54, 1.807) is 105 Å². The molecule has 18 atom stereocenters. The quantitative estimate of drug-likeness (QED) is 0.0906. The maximum absolute atomic E-state index is 13.3. The summed E-state index contributed by atoms with van der Waals surface area (Å²) >= 11 is 0. The van der Waals surface area contributed by atoms with E-state index in [2.05, 4.69) is 5.32 Å².